The number of carbonyl (C=O) groups excluding carboxylic acids is 2. The van der Waals surface area contributed by atoms with Crippen LogP contribution in [0.25, 0.3) is 0 Å². The minimum absolute atomic E-state index is 0.0274. The second-order valence-corrected chi connectivity index (χ2v) is 5.55. The number of allylic oxidation sites excluding steroid dienone is 3. The van der Waals surface area contributed by atoms with Gasteiger partial charge >= 0.3 is 5.97 Å². The van der Waals surface area contributed by atoms with Gasteiger partial charge in [-0.1, -0.05) is 28.1 Å². The Morgan fingerprint density at radius 1 is 1.18 bits per heavy atom. The minimum atomic E-state index is -0.369. The Hall–Kier alpha value is -2.14. The maximum Gasteiger partial charge on any atom is 0.331 e. The van der Waals surface area contributed by atoms with Gasteiger partial charge in [0.05, 0.1) is 13.2 Å². The zero-order valence-electron chi connectivity index (χ0n) is 12.2. The molecule has 0 aliphatic carbocycles. The van der Waals surface area contributed by atoms with Gasteiger partial charge in [-0.05, 0) is 36.8 Å². The highest BCUT2D eigenvalue weighted by atomic mass is 79.9. The summed E-state index contributed by atoms with van der Waals surface area (Å²) < 4.78 is 5.79. The van der Waals surface area contributed by atoms with Crippen molar-refractivity contribution in [1.29, 1.82) is 0 Å². The second kappa shape index (κ2) is 7.75. The molecular formula is C17H16BrNO3. The molecule has 4 nitrogen and oxygen atoms in total. The lowest BCUT2D eigenvalue weighted by Crippen LogP contribution is -2.21. The van der Waals surface area contributed by atoms with Crippen LogP contribution in [0.15, 0.2) is 64.9 Å². The maximum absolute atomic E-state index is 12.2. The number of nitrogens with zero attached hydrogens (tertiary/aromatic N) is 1. The minimum Gasteiger partial charge on any atom is -0.463 e. The van der Waals surface area contributed by atoms with Crippen LogP contribution < -0.4 is 0 Å². The van der Waals surface area contributed by atoms with Crippen LogP contribution in [-0.2, 0) is 9.53 Å². The highest BCUT2D eigenvalue weighted by Crippen LogP contribution is 2.13. The quantitative estimate of drug-likeness (QED) is 0.457. The van der Waals surface area contributed by atoms with Gasteiger partial charge in [0.15, 0.2) is 5.78 Å². The number of esters is 1. The van der Waals surface area contributed by atoms with Gasteiger partial charge in [0.1, 0.15) is 0 Å². The van der Waals surface area contributed by atoms with Crippen molar-refractivity contribution in [2.45, 2.75) is 6.92 Å². The number of benzene rings is 1. The average molecular weight is 362 g/mol. The molecule has 0 saturated carbocycles. The fraction of sp³-hybridized carbons (Fsp3) is 0.176. The predicted octanol–water partition coefficient (Wildman–Crippen LogP) is 3.46. The molecule has 0 aromatic heterocycles. The van der Waals surface area contributed by atoms with Crippen LogP contribution in [0.2, 0.25) is 0 Å². The number of rotatable bonds is 5. The van der Waals surface area contributed by atoms with E-state index in [1.165, 1.54) is 6.08 Å². The fourth-order valence-corrected chi connectivity index (χ4v) is 2.15. The van der Waals surface area contributed by atoms with E-state index in [1.807, 2.05) is 12.1 Å². The van der Waals surface area contributed by atoms with E-state index >= 15 is 0 Å². The summed E-state index contributed by atoms with van der Waals surface area (Å²) in [6.45, 7) is 2.36. The highest BCUT2D eigenvalue weighted by Gasteiger charge is 2.10. The largest absolute Gasteiger partial charge is 0.463 e. The summed E-state index contributed by atoms with van der Waals surface area (Å²) >= 11 is 3.34. The molecule has 22 heavy (non-hydrogen) atoms. The molecule has 1 aromatic carbocycles. The van der Waals surface area contributed by atoms with Gasteiger partial charge in [0.25, 0.3) is 0 Å². The van der Waals surface area contributed by atoms with E-state index in [0.717, 1.165) is 10.0 Å². The highest BCUT2D eigenvalue weighted by molar-refractivity contribution is 9.10. The summed E-state index contributed by atoms with van der Waals surface area (Å²) in [4.78, 5) is 25.3. The molecule has 0 bridgehead atoms. The van der Waals surface area contributed by atoms with Crippen LogP contribution in [-0.4, -0.2) is 29.8 Å². The van der Waals surface area contributed by atoms with E-state index in [-0.39, 0.29) is 18.3 Å². The number of carbonyl (C=O) groups is 2. The van der Waals surface area contributed by atoms with Crippen molar-refractivity contribution in [3.8, 4) is 0 Å². The SMILES string of the molecule is CCOC(=O)C=C1C=CN(CC(=O)c2ccc(Br)cc2)C=C1. The van der Waals surface area contributed by atoms with Gasteiger partial charge in [0.2, 0.25) is 0 Å². The molecule has 0 atom stereocenters. The lowest BCUT2D eigenvalue weighted by molar-refractivity contribution is -0.137. The summed E-state index contributed by atoms with van der Waals surface area (Å²) in [6, 6.07) is 7.26. The molecule has 0 unspecified atom stereocenters. The summed E-state index contributed by atoms with van der Waals surface area (Å²) in [5.41, 5.74) is 1.41. The Morgan fingerprint density at radius 3 is 2.41 bits per heavy atom. The summed E-state index contributed by atoms with van der Waals surface area (Å²) in [6.07, 6.45) is 8.49. The standard InChI is InChI=1S/C17H16BrNO3/c1-2-22-17(21)11-13-7-9-19(10-8-13)12-16(20)14-3-5-15(18)6-4-14/h3-11H,2,12H2,1H3. The van der Waals surface area contributed by atoms with Crippen molar-refractivity contribution in [1.82, 2.24) is 4.90 Å². The molecule has 0 radical (unpaired) electrons. The van der Waals surface area contributed by atoms with Gasteiger partial charge in [-0.3, -0.25) is 4.79 Å². The van der Waals surface area contributed by atoms with E-state index in [1.54, 1.807) is 48.5 Å². The monoisotopic (exact) mass is 361 g/mol. The Morgan fingerprint density at radius 2 is 1.82 bits per heavy atom. The van der Waals surface area contributed by atoms with E-state index in [0.29, 0.717) is 12.2 Å². The smallest absolute Gasteiger partial charge is 0.331 e. The van der Waals surface area contributed by atoms with E-state index in [9.17, 15) is 9.59 Å². The normalized spacial score (nSPS) is 13.2. The first-order chi connectivity index (χ1) is 10.6. The first-order valence-corrected chi connectivity index (χ1v) is 7.67. The number of halogens is 1. The Labute approximate surface area is 137 Å². The summed E-state index contributed by atoms with van der Waals surface area (Å²) in [5.74, 6) is -0.342. The first kappa shape index (κ1) is 16.2. The van der Waals surface area contributed by atoms with Crippen molar-refractivity contribution in [2.75, 3.05) is 13.2 Å². The van der Waals surface area contributed by atoms with Gasteiger partial charge < -0.3 is 9.64 Å². The fourth-order valence-electron chi connectivity index (χ4n) is 1.88. The van der Waals surface area contributed by atoms with E-state index in [2.05, 4.69) is 15.9 Å². The number of ketones is 1. The molecule has 2 rings (SSSR count). The Balaban J connectivity index is 1.94. The van der Waals surface area contributed by atoms with Crippen molar-refractivity contribution in [2.24, 2.45) is 0 Å². The predicted molar refractivity (Wildman–Crippen MR) is 88.2 cm³/mol. The van der Waals surface area contributed by atoms with Gasteiger partial charge in [-0.2, -0.15) is 0 Å². The molecule has 1 heterocycles. The van der Waals surface area contributed by atoms with Crippen LogP contribution >= 0.6 is 15.9 Å². The Bertz CT molecular complexity index is 628. The molecule has 0 amide bonds. The molecular weight excluding hydrogens is 346 g/mol. The number of ether oxygens (including phenoxy) is 1. The molecule has 0 N–H and O–H groups in total. The number of Topliss-reactive ketones (excluding diaryl/α,β-unsaturated/α-hetero) is 1. The van der Waals surface area contributed by atoms with Gasteiger partial charge in [-0.15, -0.1) is 0 Å². The molecule has 0 fully saturated rings. The molecule has 1 aliphatic rings. The van der Waals surface area contributed by atoms with E-state index < -0.39 is 0 Å². The van der Waals surface area contributed by atoms with Crippen molar-refractivity contribution in [3.05, 3.63) is 70.5 Å². The number of hydrogen-bond donors (Lipinski definition) is 0. The van der Waals surface area contributed by atoms with Crippen LogP contribution in [0, 0.1) is 0 Å². The van der Waals surface area contributed by atoms with Crippen LogP contribution in [0.4, 0.5) is 0 Å². The van der Waals surface area contributed by atoms with Crippen LogP contribution in [0.1, 0.15) is 17.3 Å². The maximum atomic E-state index is 12.2. The van der Waals surface area contributed by atoms with Crippen molar-refractivity contribution in [3.63, 3.8) is 0 Å². The molecule has 1 aromatic rings. The molecule has 0 saturated heterocycles. The third kappa shape index (κ3) is 4.70. The lowest BCUT2D eigenvalue weighted by atomic mass is 10.1. The van der Waals surface area contributed by atoms with E-state index in [4.69, 9.17) is 4.74 Å². The third-order valence-corrected chi connectivity index (χ3v) is 3.51. The van der Waals surface area contributed by atoms with Gasteiger partial charge in [0, 0.05) is 28.5 Å². The molecule has 1 aliphatic heterocycles. The molecule has 114 valence electrons. The van der Waals surface area contributed by atoms with Crippen LogP contribution in [0.5, 0.6) is 0 Å². The number of hydrogen-bond acceptors (Lipinski definition) is 4. The Kier molecular flexibility index (Phi) is 5.72. The van der Waals surface area contributed by atoms with Crippen molar-refractivity contribution >= 4 is 27.7 Å². The third-order valence-electron chi connectivity index (χ3n) is 2.98. The topological polar surface area (TPSA) is 46.6 Å². The lowest BCUT2D eigenvalue weighted by Gasteiger charge is -2.17. The zero-order valence-corrected chi connectivity index (χ0v) is 13.7. The zero-order chi connectivity index (χ0) is 15.9. The molecule has 0 spiro atoms. The molecule has 5 heteroatoms. The van der Waals surface area contributed by atoms with Gasteiger partial charge in [-0.25, -0.2) is 4.79 Å². The average Bonchev–Trinajstić information content (AvgIpc) is 2.50. The van der Waals surface area contributed by atoms with Crippen LogP contribution in [0.3, 0.4) is 0 Å². The summed E-state index contributed by atoms with van der Waals surface area (Å²) in [5, 5.41) is 0. The van der Waals surface area contributed by atoms with Crippen molar-refractivity contribution < 1.29 is 14.3 Å². The summed E-state index contributed by atoms with van der Waals surface area (Å²) in [7, 11) is 0. The second-order valence-electron chi connectivity index (χ2n) is 4.63. The first-order valence-electron chi connectivity index (χ1n) is 6.88.